The highest BCUT2D eigenvalue weighted by molar-refractivity contribution is 8.00. The number of rotatable bonds is 20. The van der Waals surface area contributed by atoms with Crippen molar-refractivity contribution in [2.75, 3.05) is 32.2 Å². The molecule has 4 aliphatic rings. The molecule has 2 aliphatic carbocycles. The molecule has 61 heavy (non-hydrogen) atoms. The standard InChI is InChI=1S/C51H60N2O7S/c1-2-30-57-51-47(61-32-25-36-23-26-52-27-24-36)35-45(53-60-48-16-8-11-31-56-48)43-33-39(14-6-9-28-54)42(15-7-10-29-55)49(50(43)51)44-34-41(21-22-46(44)59-51)58-40-19-17-38(18-20-40)37-12-4-3-5-13-37/h2-5,12-13,17-24,26-27,33-34,39,42,47-50,54-55H,1,6-11,14-16,25,28-32,35H2/t39-,42+,47-,48?,49+,50+,51+/m0/s1. The Bertz CT molecular complexity index is 2070. The van der Waals surface area contributed by atoms with Gasteiger partial charge in [-0.3, -0.25) is 4.98 Å². The number of aliphatic hydroxyl groups excluding tert-OH is 2. The maximum Gasteiger partial charge on any atom is 0.230 e. The van der Waals surface area contributed by atoms with Crippen LogP contribution in [-0.2, 0) is 20.7 Å². The number of allylic oxidation sites excluding steroid dienone is 1. The number of pyridine rings is 1. The van der Waals surface area contributed by atoms with Crippen LogP contribution in [0.15, 0.2) is 127 Å². The molecule has 8 rings (SSSR count). The van der Waals surface area contributed by atoms with E-state index >= 15 is 0 Å². The molecule has 2 fully saturated rings. The van der Waals surface area contributed by atoms with Gasteiger partial charge in [0.25, 0.3) is 0 Å². The van der Waals surface area contributed by atoms with Gasteiger partial charge < -0.3 is 34.0 Å². The van der Waals surface area contributed by atoms with E-state index in [1.165, 1.54) is 5.56 Å². The molecule has 0 amide bonds. The zero-order chi connectivity index (χ0) is 41.9. The first-order valence-corrected chi connectivity index (χ1v) is 23.3. The van der Waals surface area contributed by atoms with E-state index in [9.17, 15) is 10.2 Å². The summed E-state index contributed by atoms with van der Waals surface area (Å²) in [6.07, 6.45) is 17.0. The third-order valence-corrected chi connectivity index (χ3v) is 14.0. The number of thioether (sulfide) groups is 1. The Morgan fingerprint density at radius 1 is 0.885 bits per heavy atom. The zero-order valence-corrected chi connectivity index (χ0v) is 35.9. The Morgan fingerprint density at radius 2 is 1.66 bits per heavy atom. The number of benzene rings is 3. The van der Waals surface area contributed by atoms with E-state index in [0.29, 0.717) is 19.6 Å². The first-order chi connectivity index (χ1) is 30.1. The number of ether oxygens (including phenoxy) is 4. The van der Waals surface area contributed by atoms with Crippen molar-refractivity contribution in [3.8, 4) is 28.4 Å². The molecule has 0 radical (unpaired) electrons. The second kappa shape index (κ2) is 21.1. The summed E-state index contributed by atoms with van der Waals surface area (Å²) in [5.41, 5.74) is 6.63. The maximum atomic E-state index is 10.0. The summed E-state index contributed by atoms with van der Waals surface area (Å²) >= 11 is 1.87. The molecule has 1 aromatic heterocycles. The number of nitrogens with zero attached hydrogens (tertiary/aromatic N) is 2. The van der Waals surface area contributed by atoms with E-state index in [4.69, 9.17) is 28.9 Å². The minimum Gasteiger partial charge on any atom is -0.460 e. The Morgan fingerprint density at radius 3 is 2.41 bits per heavy atom. The second-order valence-electron chi connectivity index (χ2n) is 16.6. The number of fused-ring (bicyclic) bond motifs is 2. The molecule has 2 N–H and O–H groups in total. The summed E-state index contributed by atoms with van der Waals surface area (Å²) in [7, 11) is 0. The maximum absolute atomic E-state index is 10.0. The number of hydrogen-bond donors (Lipinski definition) is 2. The second-order valence-corrected chi connectivity index (χ2v) is 17.9. The molecule has 4 aromatic rings. The first-order valence-electron chi connectivity index (χ1n) is 22.3. The Labute approximate surface area is 365 Å². The predicted molar refractivity (Wildman–Crippen MR) is 242 cm³/mol. The summed E-state index contributed by atoms with van der Waals surface area (Å²) in [5, 5.41) is 24.8. The third-order valence-electron chi connectivity index (χ3n) is 12.7. The van der Waals surface area contributed by atoms with E-state index < -0.39 is 5.79 Å². The molecule has 3 heterocycles. The molecule has 9 nitrogen and oxygen atoms in total. The van der Waals surface area contributed by atoms with Crippen molar-refractivity contribution in [3.63, 3.8) is 0 Å². The predicted octanol–water partition coefficient (Wildman–Crippen LogP) is 10.7. The molecule has 1 saturated carbocycles. The first kappa shape index (κ1) is 43.2. The highest BCUT2D eigenvalue weighted by Crippen LogP contribution is 2.62. The monoisotopic (exact) mass is 844 g/mol. The van der Waals surface area contributed by atoms with E-state index in [2.05, 4.69) is 78.3 Å². The average molecular weight is 845 g/mol. The summed E-state index contributed by atoms with van der Waals surface area (Å²) in [6, 6.07) is 29.0. The van der Waals surface area contributed by atoms with Crippen molar-refractivity contribution in [2.45, 2.75) is 93.9 Å². The molecule has 322 valence electrons. The van der Waals surface area contributed by atoms with Crippen LogP contribution in [0, 0.1) is 17.8 Å². The molecule has 7 atom stereocenters. The molecule has 1 unspecified atom stereocenters. The largest absolute Gasteiger partial charge is 0.460 e. The van der Waals surface area contributed by atoms with E-state index in [1.807, 2.05) is 54.5 Å². The van der Waals surface area contributed by atoms with Crippen molar-refractivity contribution in [2.24, 2.45) is 22.9 Å². The fourth-order valence-electron chi connectivity index (χ4n) is 9.81. The number of aliphatic hydroxyl groups is 2. The smallest absolute Gasteiger partial charge is 0.230 e. The van der Waals surface area contributed by atoms with E-state index in [1.54, 1.807) is 0 Å². The van der Waals surface area contributed by atoms with Gasteiger partial charge in [-0.1, -0.05) is 72.6 Å². The van der Waals surface area contributed by atoms with Crippen molar-refractivity contribution < 1.29 is 34.0 Å². The van der Waals surface area contributed by atoms with Crippen LogP contribution >= 0.6 is 11.8 Å². The molecular formula is C51H60N2O7S. The summed E-state index contributed by atoms with van der Waals surface area (Å²) in [5.74, 6) is 2.22. The fourth-order valence-corrected chi connectivity index (χ4v) is 11.2. The molecular weight excluding hydrogens is 785 g/mol. The van der Waals surface area contributed by atoms with E-state index in [0.717, 1.165) is 115 Å². The van der Waals surface area contributed by atoms with Crippen LogP contribution in [0.5, 0.6) is 17.2 Å². The number of aryl methyl sites for hydroxylation is 1. The zero-order valence-electron chi connectivity index (χ0n) is 35.1. The molecule has 10 heteroatoms. The topological polar surface area (TPSA) is 112 Å². The van der Waals surface area contributed by atoms with Crippen LogP contribution in [-0.4, -0.2) is 70.4 Å². The fraction of sp³-hybridized carbons (Fsp3) is 0.451. The Balaban J connectivity index is 1.22. The van der Waals surface area contributed by atoms with Gasteiger partial charge in [0.05, 0.1) is 30.1 Å². The average Bonchev–Trinajstić information content (AvgIpc) is 3.30. The molecule has 2 aliphatic heterocycles. The van der Waals surface area contributed by atoms with Gasteiger partial charge in [-0.25, -0.2) is 0 Å². The SMILES string of the molecule is C=CCO[C@@]12Oc3ccc(Oc4ccc(-c5ccccc5)cc4)cc3[C@H]3[C@H](CCCCO)[C@@H](CCCCO)C=C(C(=NOC4CCCCO4)C[C@@H]1SCCc1ccncc1)[C@H]32. The van der Waals surface area contributed by atoms with Crippen LogP contribution in [0.2, 0.25) is 0 Å². The van der Waals surface area contributed by atoms with E-state index in [-0.39, 0.29) is 48.4 Å². The lowest BCUT2D eigenvalue weighted by Gasteiger charge is -2.58. The molecule has 0 bridgehead atoms. The van der Waals surface area contributed by atoms with Crippen molar-refractivity contribution >= 4 is 17.5 Å². The molecule has 1 saturated heterocycles. The van der Waals surface area contributed by atoms with Gasteiger partial charge in [-0.15, -0.1) is 6.58 Å². The van der Waals surface area contributed by atoms with Gasteiger partial charge in [0.2, 0.25) is 12.1 Å². The van der Waals surface area contributed by atoms with Gasteiger partial charge in [-0.2, -0.15) is 11.8 Å². The summed E-state index contributed by atoms with van der Waals surface area (Å²) < 4.78 is 27.2. The number of aromatic nitrogens is 1. The van der Waals surface area contributed by atoms with Gasteiger partial charge in [0.1, 0.15) is 17.2 Å². The lowest BCUT2D eigenvalue weighted by Crippen LogP contribution is -2.64. The molecule has 0 spiro atoms. The van der Waals surface area contributed by atoms with Gasteiger partial charge in [-0.05, 0) is 127 Å². The lowest BCUT2D eigenvalue weighted by molar-refractivity contribution is -0.223. The van der Waals surface area contributed by atoms with Crippen molar-refractivity contribution in [1.29, 1.82) is 0 Å². The minimum atomic E-state index is -1.04. The Hall–Kier alpha value is -4.45. The van der Waals surface area contributed by atoms with Crippen LogP contribution in [0.1, 0.15) is 81.3 Å². The minimum absolute atomic E-state index is 0.0323. The van der Waals surface area contributed by atoms with Gasteiger partial charge in [0.15, 0.2) is 0 Å². The molecule has 3 aromatic carbocycles. The third kappa shape index (κ3) is 10.1. The number of hydrogen-bond acceptors (Lipinski definition) is 10. The van der Waals surface area contributed by atoms with Crippen LogP contribution in [0.4, 0.5) is 0 Å². The van der Waals surface area contributed by atoms with Crippen LogP contribution < -0.4 is 9.47 Å². The normalized spacial score (nSPS) is 26.1. The number of unbranched alkanes of at least 4 members (excludes halogenated alkanes) is 2. The Kier molecular flexibility index (Phi) is 14.9. The number of oxime groups is 1. The lowest BCUT2D eigenvalue weighted by atomic mass is 9.56. The van der Waals surface area contributed by atoms with Gasteiger partial charge >= 0.3 is 0 Å². The van der Waals surface area contributed by atoms with Crippen molar-refractivity contribution in [1.82, 2.24) is 4.98 Å². The van der Waals surface area contributed by atoms with Gasteiger partial charge in [0, 0.05) is 49.9 Å². The van der Waals surface area contributed by atoms with Crippen molar-refractivity contribution in [3.05, 3.63) is 133 Å². The van der Waals surface area contributed by atoms with Crippen LogP contribution in [0.3, 0.4) is 0 Å². The summed E-state index contributed by atoms with van der Waals surface area (Å²) in [4.78, 5) is 10.5. The highest BCUT2D eigenvalue weighted by Gasteiger charge is 2.64. The quantitative estimate of drug-likeness (QED) is 0.0510. The summed E-state index contributed by atoms with van der Waals surface area (Å²) in [6.45, 7) is 5.39. The highest BCUT2D eigenvalue weighted by atomic mass is 32.2. The van der Waals surface area contributed by atoms with Crippen LogP contribution in [0.25, 0.3) is 11.1 Å².